The summed E-state index contributed by atoms with van der Waals surface area (Å²) in [7, 11) is -3.59. The molecular weight excluding hydrogens is 338 g/mol. The molecule has 0 aliphatic heterocycles. The maximum Gasteiger partial charge on any atom is 0.272 e. The van der Waals surface area contributed by atoms with Crippen LogP contribution in [0, 0.1) is 5.92 Å². The van der Waals surface area contributed by atoms with Crippen LogP contribution in [-0.4, -0.2) is 39.4 Å². The predicted molar refractivity (Wildman–Crippen MR) is 92.9 cm³/mol. The summed E-state index contributed by atoms with van der Waals surface area (Å²) in [6.45, 7) is 1.91. The highest BCUT2D eigenvalue weighted by atomic mass is 32.2. The van der Waals surface area contributed by atoms with Crippen LogP contribution < -0.4 is 0 Å². The maximum absolute atomic E-state index is 12.7. The largest absolute Gasteiger partial charge is 0.272 e. The predicted octanol–water partition coefficient (Wildman–Crippen LogP) is 2.10. The summed E-state index contributed by atoms with van der Waals surface area (Å²) in [5.41, 5.74) is 1.58. The Hall–Kier alpha value is -2.61. The molecule has 1 atom stereocenters. The highest BCUT2D eigenvalue weighted by Gasteiger charge is 2.26. The van der Waals surface area contributed by atoms with Gasteiger partial charge in [-0.3, -0.25) is 4.98 Å². The molecule has 0 aliphatic carbocycles. The molecule has 0 aliphatic rings. The Labute approximate surface area is 146 Å². The van der Waals surface area contributed by atoms with Gasteiger partial charge in [0.25, 0.3) is 5.16 Å². The molecular formula is C17H19N5O2S. The zero-order valence-corrected chi connectivity index (χ0v) is 14.7. The molecule has 3 aromatic rings. The van der Waals surface area contributed by atoms with E-state index in [2.05, 4.69) is 20.5 Å². The van der Waals surface area contributed by atoms with E-state index in [-0.39, 0.29) is 16.8 Å². The minimum atomic E-state index is -3.59. The third kappa shape index (κ3) is 4.27. The van der Waals surface area contributed by atoms with Gasteiger partial charge >= 0.3 is 0 Å². The normalized spacial score (nSPS) is 12.8. The van der Waals surface area contributed by atoms with Crippen LogP contribution in [0.25, 0.3) is 5.69 Å². The summed E-state index contributed by atoms with van der Waals surface area (Å²) >= 11 is 0. The number of benzene rings is 1. The van der Waals surface area contributed by atoms with E-state index >= 15 is 0 Å². The Morgan fingerprint density at radius 1 is 1.08 bits per heavy atom. The molecule has 2 heterocycles. The molecule has 0 amide bonds. The molecule has 25 heavy (non-hydrogen) atoms. The summed E-state index contributed by atoms with van der Waals surface area (Å²) in [6, 6.07) is 14.7. The first-order valence-corrected chi connectivity index (χ1v) is 9.68. The van der Waals surface area contributed by atoms with Crippen molar-refractivity contribution in [2.24, 2.45) is 5.92 Å². The standard InChI is InChI=1S/C17H19N5O2S/c1-14(10-11-15-7-5-6-12-18-15)13-25(23,24)17-19-20-21-22(17)16-8-3-2-4-9-16/h2-9,12,14H,10-11,13H2,1H3. The van der Waals surface area contributed by atoms with E-state index in [1.807, 2.05) is 43.3 Å². The van der Waals surface area contributed by atoms with Crippen LogP contribution >= 0.6 is 0 Å². The van der Waals surface area contributed by atoms with Crippen LogP contribution in [0.15, 0.2) is 59.9 Å². The zero-order chi connectivity index (χ0) is 17.7. The summed E-state index contributed by atoms with van der Waals surface area (Å²) in [5.74, 6) is -0.0412. The molecule has 130 valence electrons. The first-order valence-electron chi connectivity index (χ1n) is 8.03. The van der Waals surface area contributed by atoms with Crippen molar-refractivity contribution in [3.63, 3.8) is 0 Å². The van der Waals surface area contributed by atoms with Crippen LogP contribution in [0.3, 0.4) is 0 Å². The van der Waals surface area contributed by atoms with E-state index in [4.69, 9.17) is 0 Å². The zero-order valence-electron chi connectivity index (χ0n) is 13.9. The number of pyridine rings is 1. The Morgan fingerprint density at radius 3 is 2.56 bits per heavy atom. The van der Waals surface area contributed by atoms with Gasteiger partial charge in [-0.25, -0.2) is 8.42 Å². The Morgan fingerprint density at radius 2 is 1.84 bits per heavy atom. The number of tetrazole rings is 1. The number of rotatable bonds is 7. The van der Waals surface area contributed by atoms with Gasteiger partial charge in [0.1, 0.15) is 0 Å². The van der Waals surface area contributed by atoms with Gasteiger partial charge in [-0.2, -0.15) is 4.68 Å². The number of hydrogen-bond donors (Lipinski definition) is 0. The van der Waals surface area contributed by atoms with Gasteiger partial charge in [0.05, 0.1) is 11.4 Å². The average Bonchev–Trinajstić information content (AvgIpc) is 3.12. The van der Waals surface area contributed by atoms with Crippen molar-refractivity contribution in [2.45, 2.75) is 24.9 Å². The fraction of sp³-hybridized carbons (Fsp3) is 0.294. The van der Waals surface area contributed by atoms with Crippen LogP contribution in [-0.2, 0) is 16.3 Å². The van der Waals surface area contributed by atoms with E-state index in [0.717, 1.165) is 18.5 Å². The van der Waals surface area contributed by atoms with Gasteiger partial charge < -0.3 is 0 Å². The molecule has 1 unspecified atom stereocenters. The lowest BCUT2D eigenvalue weighted by atomic mass is 10.1. The second-order valence-corrected chi connectivity index (χ2v) is 7.88. The number of nitrogens with zero attached hydrogens (tertiary/aromatic N) is 5. The van der Waals surface area contributed by atoms with Gasteiger partial charge in [-0.15, -0.1) is 0 Å². The van der Waals surface area contributed by atoms with Gasteiger partial charge in [-0.1, -0.05) is 36.3 Å². The molecule has 0 saturated heterocycles. The summed E-state index contributed by atoms with van der Waals surface area (Å²) < 4.78 is 26.7. The van der Waals surface area contributed by atoms with Gasteiger partial charge in [0.15, 0.2) is 0 Å². The van der Waals surface area contributed by atoms with Crippen molar-refractivity contribution in [3.8, 4) is 5.69 Å². The molecule has 0 radical (unpaired) electrons. The van der Waals surface area contributed by atoms with Crippen molar-refractivity contribution in [1.29, 1.82) is 0 Å². The maximum atomic E-state index is 12.7. The topological polar surface area (TPSA) is 90.6 Å². The second-order valence-electron chi connectivity index (χ2n) is 5.96. The van der Waals surface area contributed by atoms with E-state index in [1.54, 1.807) is 18.3 Å². The SMILES string of the molecule is CC(CCc1ccccn1)CS(=O)(=O)c1nnnn1-c1ccccc1. The minimum Gasteiger partial charge on any atom is -0.261 e. The Bertz CT molecular complexity index is 910. The van der Waals surface area contributed by atoms with Crippen molar-refractivity contribution in [2.75, 3.05) is 5.75 Å². The molecule has 2 aromatic heterocycles. The van der Waals surface area contributed by atoms with Crippen molar-refractivity contribution in [1.82, 2.24) is 25.2 Å². The molecule has 8 heteroatoms. The van der Waals surface area contributed by atoms with Crippen molar-refractivity contribution in [3.05, 3.63) is 60.4 Å². The summed E-state index contributed by atoms with van der Waals surface area (Å²) in [6.07, 6.45) is 3.20. The highest BCUT2D eigenvalue weighted by molar-refractivity contribution is 7.91. The molecule has 0 fully saturated rings. The van der Waals surface area contributed by atoms with E-state index < -0.39 is 9.84 Å². The monoisotopic (exact) mass is 357 g/mol. The van der Waals surface area contributed by atoms with Crippen LogP contribution in [0.2, 0.25) is 0 Å². The first kappa shape index (κ1) is 17.2. The van der Waals surface area contributed by atoms with Gasteiger partial charge in [0, 0.05) is 11.9 Å². The lowest BCUT2D eigenvalue weighted by Gasteiger charge is -2.11. The smallest absolute Gasteiger partial charge is 0.261 e. The number of para-hydroxylation sites is 1. The average molecular weight is 357 g/mol. The van der Waals surface area contributed by atoms with E-state index in [9.17, 15) is 8.42 Å². The van der Waals surface area contributed by atoms with Crippen LogP contribution in [0.1, 0.15) is 19.0 Å². The number of sulfone groups is 1. The van der Waals surface area contributed by atoms with Gasteiger partial charge in [-0.05, 0) is 53.5 Å². The Balaban J connectivity index is 1.71. The van der Waals surface area contributed by atoms with Crippen LogP contribution in [0.5, 0.6) is 0 Å². The lowest BCUT2D eigenvalue weighted by molar-refractivity contribution is 0.538. The fourth-order valence-electron chi connectivity index (χ4n) is 2.58. The molecule has 0 spiro atoms. The van der Waals surface area contributed by atoms with E-state index in [1.165, 1.54) is 4.68 Å². The quantitative estimate of drug-likeness (QED) is 0.643. The van der Waals surface area contributed by atoms with Crippen molar-refractivity contribution >= 4 is 9.84 Å². The number of hydrogen-bond acceptors (Lipinski definition) is 6. The second kappa shape index (κ2) is 7.52. The van der Waals surface area contributed by atoms with Crippen molar-refractivity contribution < 1.29 is 8.42 Å². The third-order valence-electron chi connectivity index (χ3n) is 3.84. The number of aromatic nitrogens is 5. The van der Waals surface area contributed by atoms with E-state index in [0.29, 0.717) is 5.69 Å². The molecule has 0 N–H and O–H groups in total. The highest BCUT2D eigenvalue weighted by Crippen LogP contribution is 2.17. The molecule has 0 saturated carbocycles. The first-order chi connectivity index (χ1) is 12.1. The lowest BCUT2D eigenvalue weighted by Crippen LogP contribution is -2.19. The fourth-order valence-corrected chi connectivity index (χ4v) is 4.21. The molecule has 1 aromatic carbocycles. The third-order valence-corrected chi connectivity index (χ3v) is 5.66. The summed E-state index contributed by atoms with van der Waals surface area (Å²) in [4.78, 5) is 4.26. The summed E-state index contributed by atoms with van der Waals surface area (Å²) in [5, 5.41) is 11.0. The molecule has 3 rings (SSSR count). The molecule has 0 bridgehead atoms. The molecule has 7 nitrogen and oxygen atoms in total. The number of aryl methyl sites for hydroxylation is 1. The Kier molecular flexibility index (Phi) is 5.18. The van der Waals surface area contributed by atoms with Gasteiger partial charge in [0.2, 0.25) is 9.84 Å². The van der Waals surface area contributed by atoms with Crippen LogP contribution in [0.4, 0.5) is 0 Å². The minimum absolute atomic E-state index is 0.00690.